The highest BCUT2D eigenvalue weighted by Gasteiger charge is 2.20. The Labute approximate surface area is 90.8 Å². The van der Waals surface area contributed by atoms with E-state index in [4.69, 9.17) is 4.11 Å². The monoisotopic (exact) mass is 229 g/mol. The molecule has 0 saturated carbocycles. The van der Waals surface area contributed by atoms with Crippen molar-refractivity contribution in [1.82, 2.24) is 4.57 Å². The average Bonchev–Trinajstić information content (AvgIpc) is 2.40. The molecule has 0 bridgehead atoms. The van der Waals surface area contributed by atoms with Crippen LogP contribution in [0.15, 0.2) is 18.6 Å². The first-order valence-corrected chi connectivity index (χ1v) is 4.49. The standard InChI is InChI=1S/C8H15N2.BF4/c1-3-4-5-10-7-6-9(2)8-10;2-1(3,4)5/h6-8H,3-5H2,1-2H3;/q+1;-1/i6D,7D,8D;. The van der Waals surface area contributed by atoms with Crippen LogP contribution in [0.25, 0.3) is 0 Å². The highest BCUT2D eigenvalue weighted by Crippen LogP contribution is 2.06. The highest BCUT2D eigenvalue weighted by atomic mass is 19.5. The van der Waals surface area contributed by atoms with Crippen molar-refractivity contribution in [3.8, 4) is 0 Å². The first kappa shape index (κ1) is 9.24. The Morgan fingerprint density at radius 2 is 1.93 bits per heavy atom. The van der Waals surface area contributed by atoms with Crippen LogP contribution in [0.1, 0.15) is 23.9 Å². The summed E-state index contributed by atoms with van der Waals surface area (Å²) >= 11 is 0. The number of aromatic nitrogens is 2. The molecular formula is C8H15BF4N2. The molecule has 1 aromatic heterocycles. The van der Waals surface area contributed by atoms with Crippen LogP contribution in [0, 0.1) is 0 Å². The quantitative estimate of drug-likeness (QED) is 0.427. The van der Waals surface area contributed by atoms with Crippen molar-refractivity contribution in [2.24, 2.45) is 7.05 Å². The molecule has 0 aliphatic rings. The van der Waals surface area contributed by atoms with Gasteiger partial charge in [-0.2, -0.15) is 0 Å². The molecule has 0 unspecified atom stereocenters. The van der Waals surface area contributed by atoms with Crippen LogP contribution in [0.2, 0.25) is 0 Å². The predicted molar refractivity (Wildman–Crippen MR) is 50.7 cm³/mol. The van der Waals surface area contributed by atoms with E-state index in [9.17, 15) is 17.3 Å². The van der Waals surface area contributed by atoms with E-state index in [1.54, 1.807) is 11.6 Å². The minimum Gasteiger partial charge on any atom is -0.418 e. The van der Waals surface area contributed by atoms with E-state index in [-0.39, 0.29) is 18.6 Å². The minimum atomic E-state index is -6.00. The maximum absolute atomic E-state index is 9.75. The van der Waals surface area contributed by atoms with Crippen molar-refractivity contribution < 1.29 is 25.9 Å². The van der Waals surface area contributed by atoms with Gasteiger partial charge in [-0.25, -0.2) is 9.13 Å². The third-order valence-electron chi connectivity index (χ3n) is 1.36. The molecule has 2 nitrogen and oxygen atoms in total. The van der Waals surface area contributed by atoms with Gasteiger partial charge in [-0.15, -0.1) is 0 Å². The first-order valence-electron chi connectivity index (χ1n) is 5.99. The van der Waals surface area contributed by atoms with Gasteiger partial charge in [0.25, 0.3) is 0 Å². The summed E-state index contributed by atoms with van der Waals surface area (Å²) < 4.78 is 64.6. The van der Waals surface area contributed by atoms with Gasteiger partial charge in [-0.05, 0) is 6.42 Å². The van der Waals surface area contributed by atoms with Crippen molar-refractivity contribution in [1.29, 1.82) is 0 Å². The number of rotatable bonds is 3. The molecule has 1 rings (SSSR count). The molecule has 1 heterocycles. The van der Waals surface area contributed by atoms with Crippen molar-refractivity contribution in [2.75, 3.05) is 0 Å². The molecule has 0 atom stereocenters. The van der Waals surface area contributed by atoms with Crippen LogP contribution in [0.3, 0.4) is 0 Å². The molecule has 0 fully saturated rings. The highest BCUT2D eigenvalue weighted by molar-refractivity contribution is 6.50. The zero-order valence-corrected chi connectivity index (χ0v) is 8.60. The molecule has 0 aliphatic carbocycles. The zero-order valence-electron chi connectivity index (χ0n) is 11.6. The molecule has 88 valence electrons. The lowest BCUT2D eigenvalue weighted by Gasteiger charge is -1.94. The van der Waals surface area contributed by atoms with Gasteiger partial charge in [0.15, 0.2) is 1.37 Å². The van der Waals surface area contributed by atoms with Gasteiger partial charge in [0.1, 0.15) is 15.1 Å². The molecule has 0 amide bonds. The van der Waals surface area contributed by atoms with Crippen molar-refractivity contribution in [2.45, 2.75) is 26.3 Å². The van der Waals surface area contributed by atoms with E-state index in [0.717, 1.165) is 12.8 Å². The Bertz CT molecular complexity index is 363. The van der Waals surface area contributed by atoms with Crippen LogP contribution in [0.5, 0.6) is 0 Å². The van der Waals surface area contributed by atoms with E-state index in [0.29, 0.717) is 6.54 Å². The fourth-order valence-corrected chi connectivity index (χ4v) is 0.789. The Morgan fingerprint density at radius 3 is 2.27 bits per heavy atom. The molecule has 1 aromatic rings. The van der Waals surface area contributed by atoms with Gasteiger partial charge >= 0.3 is 7.25 Å². The molecule has 0 aromatic carbocycles. The Kier molecular flexibility index (Phi) is 3.99. The SMILES string of the molecule is F[B-](F)(F)F.[2H]c1c([2H])[n+](C)c([2H])n1CCCC. The van der Waals surface area contributed by atoms with Crippen molar-refractivity contribution >= 4 is 7.25 Å². The molecule has 0 spiro atoms. The number of hydrogen-bond acceptors (Lipinski definition) is 0. The summed E-state index contributed by atoms with van der Waals surface area (Å²) in [6.07, 6.45) is 2.48. The van der Waals surface area contributed by atoms with E-state index in [2.05, 4.69) is 6.92 Å². The van der Waals surface area contributed by atoms with Gasteiger partial charge < -0.3 is 17.3 Å². The lowest BCUT2D eigenvalue weighted by atomic mass is 10.3. The van der Waals surface area contributed by atoms with Crippen LogP contribution in [-0.4, -0.2) is 11.8 Å². The second-order valence-electron chi connectivity index (χ2n) is 2.88. The predicted octanol–water partition coefficient (Wildman–Crippen LogP) is 2.41. The molecule has 0 saturated heterocycles. The molecule has 0 aliphatic heterocycles. The maximum Gasteiger partial charge on any atom is 0.673 e. The fraction of sp³-hybridized carbons (Fsp3) is 0.625. The normalized spacial score (nSPS) is 13.6. The summed E-state index contributed by atoms with van der Waals surface area (Å²) in [5.41, 5.74) is 0. The molecule has 7 heteroatoms. The van der Waals surface area contributed by atoms with E-state index in [1.165, 1.54) is 4.57 Å². The summed E-state index contributed by atoms with van der Waals surface area (Å²) in [7, 11) is -4.36. The smallest absolute Gasteiger partial charge is 0.418 e. The maximum atomic E-state index is 9.75. The first-order chi connectivity index (χ1) is 8.09. The number of nitrogens with zero attached hydrogens (tertiary/aromatic N) is 2. The van der Waals surface area contributed by atoms with Gasteiger partial charge in [-0.3, -0.25) is 0 Å². The summed E-state index contributed by atoms with van der Waals surface area (Å²) in [4.78, 5) is 0. The second kappa shape index (κ2) is 6.47. The number of imidazole rings is 1. The topological polar surface area (TPSA) is 8.81 Å². The fourth-order valence-electron chi connectivity index (χ4n) is 0.789. The average molecular weight is 229 g/mol. The molecule has 0 radical (unpaired) electrons. The van der Waals surface area contributed by atoms with Gasteiger partial charge in [0.2, 0.25) is 6.30 Å². The summed E-state index contributed by atoms with van der Waals surface area (Å²) in [6, 6.07) is 0. The van der Waals surface area contributed by atoms with Crippen LogP contribution >= 0.6 is 0 Å². The lowest BCUT2D eigenvalue weighted by molar-refractivity contribution is -0.671. The lowest BCUT2D eigenvalue weighted by Crippen LogP contribution is -2.23. The second-order valence-corrected chi connectivity index (χ2v) is 2.88. The third-order valence-corrected chi connectivity index (χ3v) is 1.36. The number of halogens is 4. The Balaban J connectivity index is 0.000000494. The largest absolute Gasteiger partial charge is 0.673 e. The molecule has 0 N–H and O–H groups in total. The van der Waals surface area contributed by atoms with E-state index < -0.39 is 7.25 Å². The van der Waals surface area contributed by atoms with Gasteiger partial charge in [-0.1, -0.05) is 13.3 Å². The minimum absolute atomic E-state index is 0.112. The number of hydrogen-bond donors (Lipinski definition) is 0. The van der Waals surface area contributed by atoms with Crippen molar-refractivity contribution in [3.63, 3.8) is 0 Å². The number of unbranched alkanes of at least 4 members (excludes halogenated alkanes) is 1. The van der Waals surface area contributed by atoms with Crippen LogP contribution in [-0.2, 0) is 13.6 Å². The summed E-state index contributed by atoms with van der Waals surface area (Å²) in [5, 5.41) is 0. The van der Waals surface area contributed by atoms with Crippen molar-refractivity contribution in [3.05, 3.63) is 18.6 Å². The van der Waals surface area contributed by atoms with E-state index in [1.807, 2.05) is 0 Å². The van der Waals surface area contributed by atoms with Gasteiger partial charge in [0, 0.05) is 0 Å². The zero-order chi connectivity index (χ0) is 14.5. The Morgan fingerprint density at radius 1 is 1.40 bits per heavy atom. The third kappa shape index (κ3) is 10.9. The molecule has 15 heavy (non-hydrogen) atoms. The summed E-state index contributed by atoms with van der Waals surface area (Å²) in [6.45, 7) is 2.74. The Hall–Kier alpha value is -1.01. The van der Waals surface area contributed by atoms with Crippen LogP contribution in [0.4, 0.5) is 17.3 Å². The van der Waals surface area contributed by atoms with Gasteiger partial charge in [0.05, 0.1) is 13.6 Å². The van der Waals surface area contributed by atoms with E-state index >= 15 is 0 Å². The van der Waals surface area contributed by atoms with Crippen LogP contribution < -0.4 is 4.57 Å². The molecular weight excluding hydrogens is 211 g/mol. The summed E-state index contributed by atoms with van der Waals surface area (Å²) in [5.74, 6) is 0.